The van der Waals surface area contributed by atoms with Crippen molar-refractivity contribution >= 4 is 29.0 Å². The van der Waals surface area contributed by atoms with E-state index in [1.165, 1.54) is 11.3 Å². The minimum Gasteiger partial charge on any atom is -0.384 e. The number of hydrogen-bond acceptors (Lipinski definition) is 3. The molecule has 0 bridgehead atoms. The van der Waals surface area contributed by atoms with Crippen molar-refractivity contribution < 1.29 is 4.79 Å². The Kier molecular flexibility index (Phi) is 2.97. The molecule has 1 saturated heterocycles. The summed E-state index contributed by atoms with van der Waals surface area (Å²) in [7, 11) is 0. The lowest BCUT2D eigenvalue weighted by Crippen LogP contribution is -2.22. The molecule has 17 heavy (non-hydrogen) atoms. The first-order chi connectivity index (χ1) is 8.33. The molecule has 2 N–H and O–H groups in total. The standard InChI is InChI=1S/C13H16N2OS/c16-13(12-2-1-7-17-12)15-10-3-4-11-9(8-10)5-6-14-11/h3-4,8,12,14H,1-2,5-7H2,(H,15,16). The second kappa shape index (κ2) is 4.61. The lowest BCUT2D eigenvalue weighted by atomic mass is 10.1. The Morgan fingerprint density at radius 3 is 3.24 bits per heavy atom. The minimum atomic E-state index is 0.154. The Balaban J connectivity index is 1.70. The van der Waals surface area contributed by atoms with E-state index >= 15 is 0 Å². The zero-order valence-electron chi connectivity index (χ0n) is 9.66. The average molecular weight is 248 g/mol. The van der Waals surface area contributed by atoms with Gasteiger partial charge in [-0.25, -0.2) is 0 Å². The molecule has 1 unspecified atom stereocenters. The fraction of sp³-hybridized carbons (Fsp3) is 0.462. The topological polar surface area (TPSA) is 41.1 Å². The van der Waals surface area contributed by atoms with E-state index in [9.17, 15) is 4.79 Å². The molecule has 2 aliphatic heterocycles. The minimum absolute atomic E-state index is 0.154. The summed E-state index contributed by atoms with van der Waals surface area (Å²) in [5, 5.41) is 6.50. The number of anilines is 2. The van der Waals surface area contributed by atoms with Crippen LogP contribution in [0, 0.1) is 0 Å². The summed E-state index contributed by atoms with van der Waals surface area (Å²) in [5.74, 6) is 1.28. The first-order valence-corrected chi connectivity index (χ1v) is 7.17. The van der Waals surface area contributed by atoms with Gasteiger partial charge in [0, 0.05) is 17.9 Å². The predicted molar refractivity (Wildman–Crippen MR) is 72.7 cm³/mol. The van der Waals surface area contributed by atoms with Crippen LogP contribution in [0.4, 0.5) is 11.4 Å². The van der Waals surface area contributed by atoms with Crippen molar-refractivity contribution in [1.29, 1.82) is 0 Å². The second-order valence-corrected chi connectivity index (χ2v) is 5.85. The lowest BCUT2D eigenvalue weighted by molar-refractivity contribution is -0.115. The van der Waals surface area contributed by atoms with Crippen LogP contribution in [0.3, 0.4) is 0 Å². The Bertz CT molecular complexity index is 441. The number of rotatable bonds is 2. The van der Waals surface area contributed by atoms with E-state index in [2.05, 4.69) is 22.8 Å². The van der Waals surface area contributed by atoms with Gasteiger partial charge in [-0.1, -0.05) is 0 Å². The first kappa shape index (κ1) is 11.0. The predicted octanol–water partition coefficient (Wildman–Crippen LogP) is 2.49. The highest BCUT2D eigenvalue weighted by Crippen LogP contribution is 2.29. The number of amides is 1. The second-order valence-electron chi connectivity index (χ2n) is 4.54. The number of carbonyl (C=O) groups excluding carboxylic acids is 1. The van der Waals surface area contributed by atoms with Crippen molar-refractivity contribution in [3.8, 4) is 0 Å². The molecular weight excluding hydrogens is 232 g/mol. The number of hydrogen-bond donors (Lipinski definition) is 2. The highest BCUT2D eigenvalue weighted by atomic mass is 32.2. The van der Waals surface area contributed by atoms with Crippen LogP contribution in [0.25, 0.3) is 0 Å². The third-order valence-corrected chi connectivity index (χ3v) is 4.68. The third kappa shape index (κ3) is 2.27. The van der Waals surface area contributed by atoms with Gasteiger partial charge in [-0.05, 0) is 48.8 Å². The monoisotopic (exact) mass is 248 g/mol. The molecule has 0 saturated carbocycles. The third-order valence-electron chi connectivity index (χ3n) is 3.30. The number of thioether (sulfide) groups is 1. The zero-order valence-corrected chi connectivity index (χ0v) is 10.5. The van der Waals surface area contributed by atoms with E-state index in [0.29, 0.717) is 0 Å². The molecule has 0 aliphatic carbocycles. The van der Waals surface area contributed by atoms with Gasteiger partial charge in [-0.3, -0.25) is 4.79 Å². The fourth-order valence-corrected chi connectivity index (χ4v) is 3.55. The summed E-state index contributed by atoms with van der Waals surface area (Å²) in [4.78, 5) is 12.0. The van der Waals surface area contributed by atoms with Crippen molar-refractivity contribution in [2.75, 3.05) is 22.9 Å². The lowest BCUT2D eigenvalue weighted by Gasteiger charge is -2.11. The Morgan fingerprint density at radius 2 is 2.41 bits per heavy atom. The molecule has 0 radical (unpaired) electrons. The SMILES string of the molecule is O=C(Nc1ccc2c(c1)CCN2)C1CCCS1. The van der Waals surface area contributed by atoms with E-state index in [1.807, 2.05) is 6.07 Å². The van der Waals surface area contributed by atoms with Crippen LogP contribution in [0.1, 0.15) is 18.4 Å². The maximum Gasteiger partial charge on any atom is 0.237 e. The molecule has 3 rings (SSSR count). The molecule has 2 aliphatic rings. The zero-order chi connectivity index (χ0) is 11.7. The Labute approximate surface area is 105 Å². The number of benzene rings is 1. The summed E-state index contributed by atoms with van der Waals surface area (Å²) in [5.41, 5.74) is 3.45. The van der Waals surface area contributed by atoms with Gasteiger partial charge in [0.15, 0.2) is 0 Å². The van der Waals surface area contributed by atoms with E-state index in [-0.39, 0.29) is 11.2 Å². The fourth-order valence-electron chi connectivity index (χ4n) is 2.39. The molecule has 0 aromatic heterocycles. The molecule has 1 aromatic rings. The molecular formula is C13H16N2OS. The summed E-state index contributed by atoms with van der Waals surface area (Å²) < 4.78 is 0. The Hall–Kier alpha value is -1.16. The molecule has 1 atom stereocenters. The summed E-state index contributed by atoms with van der Waals surface area (Å²) in [6.45, 7) is 1.01. The van der Waals surface area contributed by atoms with Crippen molar-refractivity contribution in [2.45, 2.75) is 24.5 Å². The first-order valence-electron chi connectivity index (χ1n) is 6.12. The largest absolute Gasteiger partial charge is 0.384 e. The quantitative estimate of drug-likeness (QED) is 0.845. The van der Waals surface area contributed by atoms with Gasteiger partial charge in [-0.2, -0.15) is 0 Å². The molecule has 90 valence electrons. The number of fused-ring (bicyclic) bond motifs is 1. The van der Waals surface area contributed by atoms with Crippen LogP contribution in [-0.2, 0) is 11.2 Å². The molecule has 4 heteroatoms. The molecule has 1 aromatic carbocycles. The van der Waals surface area contributed by atoms with Gasteiger partial charge in [0.25, 0.3) is 0 Å². The van der Waals surface area contributed by atoms with Crippen LogP contribution in [-0.4, -0.2) is 23.5 Å². The molecule has 1 amide bonds. The number of nitrogens with one attached hydrogen (secondary N) is 2. The molecule has 0 spiro atoms. The van der Waals surface area contributed by atoms with Crippen LogP contribution in [0.2, 0.25) is 0 Å². The van der Waals surface area contributed by atoms with Crippen molar-refractivity contribution in [3.63, 3.8) is 0 Å². The van der Waals surface area contributed by atoms with E-state index in [4.69, 9.17) is 0 Å². The highest BCUT2D eigenvalue weighted by Gasteiger charge is 2.23. The normalized spacial score (nSPS) is 22.0. The average Bonchev–Trinajstić information content (AvgIpc) is 2.99. The Morgan fingerprint density at radius 1 is 1.47 bits per heavy atom. The summed E-state index contributed by atoms with van der Waals surface area (Å²) in [6, 6.07) is 6.13. The van der Waals surface area contributed by atoms with E-state index < -0.39 is 0 Å². The summed E-state index contributed by atoms with van der Waals surface area (Å²) >= 11 is 1.77. The molecule has 2 heterocycles. The van der Waals surface area contributed by atoms with Crippen LogP contribution in [0.15, 0.2) is 18.2 Å². The number of carbonyl (C=O) groups is 1. The maximum absolute atomic E-state index is 12.0. The van der Waals surface area contributed by atoms with Crippen molar-refractivity contribution in [1.82, 2.24) is 0 Å². The van der Waals surface area contributed by atoms with E-state index in [1.54, 1.807) is 11.8 Å². The van der Waals surface area contributed by atoms with Gasteiger partial charge in [-0.15, -0.1) is 11.8 Å². The van der Waals surface area contributed by atoms with Crippen molar-refractivity contribution in [2.24, 2.45) is 0 Å². The van der Waals surface area contributed by atoms with Gasteiger partial charge >= 0.3 is 0 Å². The van der Waals surface area contributed by atoms with Gasteiger partial charge in [0.1, 0.15) is 0 Å². The smallest absolute Gasteiger partial charge is 0.237 e. The van der Waals surface area contributed by atoms with Gasteiger partial charge in [0.2, 0.25) is 5.91 Å². The summed E-state index contributed by atoms with van der Waals surface area (Å²) in [6.07, 6.45) is 3.23. The molecule has 3 nitrogen and oxygen atoms in total. The van der Waals surface area contributed by atoms with E-state index in [0.717, 1.165) is 37.2 Å². The van der Waals surface area contributed by atoms with Gasteiger partial charge < -0.3 is 10.6 Å². The highest BCUT2D eigenvalue weighted by molar-refractivity contribution is 8.00. The van der Waals surface area contributed by atoms with Crippen LogP contribution >= 0.6 is 11.8 Å². The van der Waals surface area contributed by atoms with Crippen LogP contribution < -0.4 is 10.6 Å². The van der Waals surface area contributed by atoms with Crippen molar-refractivity contribution in [3.05, 3.63) is 23.8 Å². The van der Waals surface area contributed by atoms with Gasteiger partial charge in [0.05, 0.1) is 5.25 Å². The maximum atomic E-state index is 12.0. The van der Waals surface area contributed by atoms with Crippen LogP contribution in [0.5, 0.6) is 0 Å². The molecule has 1 fully saturated rings.